The lowest BCUT2D eigenvalue weighted by Gasteiger charge is -2.39. The molecule has 104 valence electrons. The summed E-state index contributed by atoms with van der Waals surface area (Å²) in [5.41, 5.74) is 0.921. The maximum absolute atomic E-state index is 11.9. The molecule has 1 aliphatic heterocycles. The van der Waals surface area contributed by atoms with Gasteiger partial charge in [0.05, 0.1) is 13.2 Å². The molecule has 19 heavy (non-hydrogen) atoms. The number of carbonyl (C=O) groups excluding carboxylic acids is 1. The van der Waals surface area contributed by atoms with Gasteiger partial charge in [-0.15, -0.1) is 0 Å². The molecule has 0 spiro atoms. The molecule has 1 heterocycles. The highest BCUT2D eigenvalue weighted by molar-refractivity contribution is 5.87. The maximum Gasteiger partial charge on any atom is 0.245 e. The zero-order valence-electron chi connectivity index (χ0n) is 11.3. The van der Waals surface area contributed by atoms with Gasteiger partial charge in [-0.3, -0.25) is 4.79 Å². The first kappa shape index (κ1) is 13.7. The highest BCUT2D eigenvalue weighted by atomic mass is 16.5. The Hall–Kier alpha value is -1.75. The van der Waals surface area contributed by atoms with E-state index in [1.54, 1.807) is 0 Å². The monoisotopic (exact) mass is 264 g/mol. The molecule has 1 fully saturated rings. The fraction of sp³-hybridized carbons (Fsp3) is 0.500. The molecule has 5 nitrogen and oxygen atoms in total. The van der Waals surface area contributed by atoms with Crippen LogP contribution in [0, 0.1) is 0 Å². The second kappa shape index (κ2) is 5.93. The Balaban J connectivity index is 2.19. The number of benzene rings is 1. The average Bonchev–Trinajstić information content (AvgIpc) is 2.39. The molecule has 0 saturated carbocycles. The molecular formula is C14H20N2O3. The van der Waals surface area contributed by atoms with Crippen molar-refractivity contribution in [3.8, 4) is 5.75 Å². The van der Waals surface area contributed by atoms with Crippen molar-refractivity contribution in [1.29, 1.82) is 0 Å². The number of piperazine rings is 1. The third kappa shape index (κ3) is 2.98. The summed E-state index contributed by atoms with van der Waals surface area (Å²) < 4.78 is 5.40. The average molecular weight is 264 g/mol. The van der Waals surface area contributed by atoms with E-state index in [2.05, 4.69) is 5.32 Å². The third-order valence-electron chi connectivity index (χ3n) is 3.19. The Labute approximate surface area is 113 Å². The number of amides is 1. The van der Waals surface area contributed by atoms with Gasteiger partial charge in [0.15, 0.2) is 0 Å². The second-order valence-electron chi connectivity index (χ2n) is 4.69. The third-order valence-corrected chi connectivity index (χ3v) is 3.19. The van der Waals surface area contributed by atoms with Gasteiger partial charge in [0.25, 0.3) is 0 Å². The van der Waals surface area contributed by atoms with E-state index in [4.69, 9.17) is 4.74 Å². The van der Waals surface area contributed by atoms with Crippen LogP contribution in [0.5, 0.6) is 5.75 Å². The van der Waals surface area contributed by atoms with Crippen LogP contribution in [0.2, 0.25) is 0 Å². The van der Waals surface area contributed by atoms with Crippen molar-refractivity contribution in [3.05, 3.63) is 24.3 Å². The lowest BCUT2D eigenvalue weighted by Crippen LogP contribution is -2.60. The maximum atomic E-state index is 11.9. The molecule has 1 saturated heterocycles. The van der Waals surface area contributed by atoms with Crippen LogP contribution in [0.4, 0.5) is 5.69 Å². The van der Waals surface area contributed by atoms with Gasteiger partial charge in [0.1, 0.15) is 11.8 Å². The van der Waals surface area contributed by atoms with E-state index in [-0.39, 0.29) is 18.6 Å². The van der Waals surface area contributed by atoms with E-state index >= 15 is 0 Å². The SMILES string of the molecule is CCOc1ccc(N2CC(C)NC(=O)C2CO)cc1. The van der Waals surface area contributed by atoms with Crippen LogP contribution >= 0.6 is 0 Å². The number of nitrogens with one attached hydrogen (secondary N) is 1. The van der Waals surface area contributed by atoms with Crippen LogP contribution in [0.15, 0.2) is 24.3 Å². The summed E-state index contributed by atoms with van der Waals surface area (Å²) in [6.07, 6.45) is 0. The summed E-state index contributed by atoms with van der Waals surface area (Å²) in [4.78, 5) is 13.8. The summed E-state index contributed by atoms with van der Waals surface area (Å²) >= 11 is 0. The topological polar surface area (TPSA) is 61.8 Å². The Kier molecular flexibility index (Phi) is 4.27. The van der Waals surface area contributed by atoms with Crippen molar-refractivity contribution < 1.29 is 14.6 Å². The van der Waals surface area contributed by atoms with Gasteiger partial charge in [0, 0.05) is 18.3 Å². The molecule has 1 aromatic carbocycles. The Morgan fingerprint density at radius 2 is 2.11 bits per heavy atom. The molecule has 0 aromatic heterocycles. The number of aliphatic hydroxyl groups excluding tert-OH is 1. The minimum Gasteiger partial charge on any atom is -0.494 e. The van der Waals surface area contributed by atoms with Crippen LogP contribution in [0.25, 0.3) is 0 Å². The van der Waals surface area contributed by atoms with E-state index < -0.39 is 6.04 Å². The summed E-state index contributed by atoms with van der Waals surface area (Å²) in [6, 6.07) is 7.14. The minimum atomic E-state index is -0.519. The summed E-state index contributed by atoms with van der Waals surface area (Å²) in [5.74, 6) is 0.677. The van der Waals surface area contributed by atoms with Gasteiger partial charge in [-0.1, -0.05) is 0 Å². The van der Waals surface area contributed by atoms with Crippen molar-refractivity contribution in [3.63, 3.8) is 0 Å². The van der Waals surface area contributed by atoms with Crippen molar-refractivity contribution in [2.75, 3.05) is 24.7 Å². The van der Waals surface area contributed by atoms with Crippen molar-refractivity contribution >= 4 is 11.6 Å². The van der Waals surface area contributed by atoms with Gasteiger partial charge in [-0.25, -0.2) is 0 Å². The van der Waals surface area contributed by atoms with Gasteiger partial charge >= 0.3 is 0 Å². The molecular weight excluding hydrogens is 244 g/mol. The van der Waals surface area contributed by atoms with Crippen LogP contribution in [-0.2, 0) is 4.79 Å². The van der Waals surface area contributed by atoms with E-state index in [9.17, 15) is 9.90 Å². The predicted molar refractivity (Wildman–Crippen MR) is 73.4 cm³/mol. The van der Waals surface area contributed by atoms with Gasteiger partial charge < -0.3 is 20.1 Å². The zero-order valence-corrected chi connectivity index (χ0v) is 11.3. The summed E-state index contributed by atoms with van der Waals surface area (Å²) in [6.45, 7) is 5.01. The Morgan fingerprint density at radius 3 is 2.68 bits per heavy atom. The number of aliphatic hydroxyl groups is 1. The number of ether oxygens (including phenoxy) is 1. The van der Waals surface area contributed by atoms with Crippen molar-refractivity contribution in [2.45, 2.75) is 25.9 Å². The van der Waals surface area contributed by atoms with Crippen molar-refractivity contribution in [1.82, 2.24) is 5.32 Å². The normalized spacial score (nSPS) is 23.1. The van der Waals surface area contributed by atoms with Gasteiger partial charge in [0.2, 0.25) is 5.91 Å². The van der Waals surface area contributed by atoms with Crippen LogP contribution in [0.1, 0.15) is 13.8 Å². The molecule has 2 atom stereocenters. The van der Waals surface area contributed by atoms with E-state index in [0.29, 0.717) is 13.2 Å². The summed E-state index contributed by atoms with van der Waals surface area (Å²) in [7, 11) is 0. The summed E-state index contributed by atoms with van der Waals surface area (Å²) in [5, 5.41) is 12.2. The first-order valence-corrected chi connectivity index (χ1v) is 6.56. The Bertz CT molecular complexity index is 433. The van der Waals surface area contributed by atoms with Gasteiger partial charge in [-0.2, -0.15) is 0 Å². The number of anilines is 1. The van der Waals surface area contributed by atoms with Crippen LogP contribution in [-0.4, -0.2) is 42.9 Å². The molecule has 2 unspecified atom stereocenters. The predicted octanol–water partition coefficient (Wildman–Crippen LogP) is 0.771. The first-order chi connectivity index (χ1) is 9.15. The molecule has 0 radical (unpaired) electrons. The van der Waals surface area contributed by atoms with E-state index in [1.165, 1.54) is 0 Å². The lowest BCUT2D eigenvalue weighted by atomic mass is 10.1. The number of hydrogen-bond donors (Lipinski definition) is 2. The smallest absolute Gasteiger partial charge is 0.245 e. The van der Waals surface area contributed by atoms with Crippen LogP contribution in [0.3, 0.4) is 0 Å². The fourth-order valence-corrected chi connectivity index (χ4v) is 2.32. The highest BCUT2D eigenvalue weighted by Gasteiger charge is 2.32. The van der Waals surface area contributed by atoms with Gasteiger partial charge in [-0.05, 0) is 38.1 Å². The van der Waals surface area contributed by atoms with E-state index in [1.807, 2.05) is 43.0 Å². The largest absolute Gasteiger partial charge is 0.494 e. The quantitative estimate of drug-likeness (QED) is 0.843. The minimum absolute atomic E-state index is 0.0712. The zero-order chi connectivity index (χ0) is 13.8. The molecule has 0 aliphatic carbocycles. The number of carbonyl (C=O) groups is 1. The molecule has 2 rings (SSSR count). The van der Waals surface area contributed by atoms with Crippen LogP contribution < -0.4 is 15.0 Å². The molecule has 5 heteroatoms. The number of hydrogen-bond acceptors (Lipinski definition) is 4. The van der Waals surface area contributed by atoms with Crippen molar-refractivity contribution in [2.24, 2.45) is 0 Å². The highest BCUT2D eigenvalue weighted by Crippen LogP contribution is 2.23. The molecule has 1 aromatic rings. The first-order valence-electron chi connectivity index (χ1n) is 6.56. The number of rotatable bonds is 4. The molecule has 1 amide bonds. The lowest BCUT2D eigenvalue weighted by molar-refractivity contribution is -0.125. The standard InChI is InChI=1S/C14H20N2O3/c1-3-19-12-6-4-11(5-7-12)16-8-10(2)15-14(18)13(16)9-17/h4-7,10,13,17H,3,8-9H2,1-2H3,(H,15,18). The fourth-order valence-electron chi connectivity index (χ4n) is 2.32. The second-order valence-corrected chi connectivity index (χ2v) is 4.69. The molecule has 0 bridgehead atoms. The molecule has 2 N–H and O–H groups in total. The number of nitrogens with zero attached hydrogens (tertiary/aromatic N) is 1. The molecule has 1 aliphatic rings. The van der Waals surface area contributed by atoms with E-state index in [0.717, 1.165) is 11.4 Å². The Morgan fingerprint density at radius 1 is 1.42 bits per heavy atom.